The van der Waals surface area contributed by atoms with Crippen LogP contribution in [0.3, 0.4) is 0 Å². The van der Waals surface area contributed by atoms with E-state index in [-0.39, 0.29) is 29.1 Å². The summed E-state index contributed by atoms with van der Waals surface area (Å²) in [5.41, 5.74) is 0.971. The first-order valence-corrected chi connectivity index (χ1v) is 8.33. The number of benzene rings is 1. The molecule has 0 spiro atoms. The zero-order valence-electron chi connectivity index (χ0n) is 12.6. The van der Waals surface area contributed by atoms with E-state index in [1.54, 1.807) is 0 Å². The molecule has 1 fully saturated rings. The molecule has 0 radical (unpaired) electrons. The van der Waals surface area contributed by atoms with Crippen molar-refractivity contribution in [1.82, 2.24) is 0 Å². The molecule has 5 heteroatoms. The van der Waals surface area contributed by atoms with E-state index in [2.05, 4.69) is 22.9 Å². The van der Waals surface area contributed by atoms with Crippen molar-refractivity contribution in [2.45, 2.75) is 26.2 Å². The number of ketones is 1. The normalized spacial score (nSPS) is 24.1. The first-order chi connectivity index (χ1) is 10.5. The van der Waals surface area contributed by atoms with Gasteiger partial charge in [-0.25, -0.2) is 0 Å². The number of nitro groups is 1. The molecular weight excluding hydrogens is 346 g/mol. The molecule has 3 atom stereocenters. The SMILES string of the molecule is C[C@H]1CCC(=O)[C@H]([C@@H](C[N+](=O)[O-])/C(Br)=C\c2ccccc2)C1. The molecule has 0 unspecified atom stereocenters. The first-order valence-electron chi connectivity index (χ1n) is 7.54. The highest BCUT2D eigenvalue weighted by Crippen LogP contribution is 2.37. The van der Waals surface area contributed by atoms with Crippen LogP contribution in [0.5, 0.6) is 0 Å². The zero-order chi connectivity index (χ0) is 16.1. The molecule has 1 aromatic rings. The molecule has 0 aromatic heterocycles. The number of carbonyl (C=O) groups excluding carboxylic acids is 1. The minimum Gasteiger partial charge on any atom is -0.299 e. The van der Waals surface area contributed by atoms with E-state index in [1.807, 2.05) is 36.4 Å². The topological polar surface area (TPSA) is 60.2 Å². The van der Waals surface area contributed by atoms with E-state index < -0.39 is 0 Å². The highest BCUT2D eigenvalue weighted by Gasteiger charge is 2.37. The van der Waals surface area contributed by atoms with Crippen molar-refractivity contribution in [3.8, 4) is 0 Å². The van der Waals surface area contributed by atoms with Gasteiger partial charge in [0.25, 0.3) is 0 Å². The molecule has 118 valence electrons. The lowest BCUT2D eigenvalue weighted by Crippen LogP contribution is -2.34. The van der Waals surface area contributed by atoms with Crippen molar-refractivity contribution in [2.24, 2.45) is 17.8 Å². The Balaban J connectivity index is 2.27. The highest BCUT2D eigenvalue weighted by atomic mass is 79.9. The summed E-state index contributed by atoms with van der Waals surface area (Å²) in [5.74, 6) is -0.0497. The average Bonchev–Trinajstić information content (AvgIpc) is 2.48. The van der Waals surface area contributed by atoms with E-state index in [1.165, 1.54) is 0 Å². The summed E-state index contributed by atoms with van der Waals surface area (Å²) in [7, 11) is 0. The van der Waals surface area contributed by atoms with Crippen LogP contribution in [0.15, 0.2) is 34.8 Å². The third kappa shape index (κ3) is 4.50. The van der Waals surface area contributed by atoms with Gasteiger partial charge in [0.1, 0.15) is 5.78 Å². The van der Waals surface area contributed by atoms with Crippen molar-refractivity contribution in [3.63, 3.8) is 0 Å². The lowest BCUT2D eigenvalue weighted by atomic mass is 9.74. The van der Waals surface area contributed by atoms with Gasteiger partial charge < -0.3 is 0 Å². The summed E-state index contributed by atoms with van der Waals surface area (Å²) in [6, 6.07) is 9.64. The van der Waals surface area contributed by atoms with Gasteiger partial charge in [-0.3, -0.25) is 14.9 Å². The van der Waals surface area contributed by atoms with Gasteiger partial charge in [-0.1, -0.05) is 53.2 Å². The van der Waals surface area contributed by atoms with Crippen LogP contribution in [0, 0.1) is 27.9 Å². The summed E-state index contributed by atoms with van der Waals surface area (Å²) < 4.78 is 0.739. The van der Waals surface area contributed by atoms with Gasteiger partial charge in [-0.05, 0) is 30.4 Å². The number of carbonyl (C=O) groups is 1. The molecule has 1 saturated carbocycles. The maximum absolute atomic E-state index is 12.2. The predicted molar refractivity (Wildman–Crippen MR) is 90.2 cm³/mol. The Morgan fingerprint density at radius 2 is 2.14 bits per heavy atom. The lowest BCUT2D eigenvalue weighted by molar-refractivity contribution is -0.487. The fraction of sp³-hybridized carbons (Fsp3) is 0.471. The Morgan fingerprint density at radius 3 is 2.77 bits per heavy atom. The Bertz CT molecular complexity index is 571. The number of nitrogens with zero attached hydrogens (tertiary/aromatic N) is 1. The van der Waals surface area contributed by atoms with Gasteiger partial charge in [0.15, 0.2) is 0 Å². The summed E-state index contributed by atoms with van der Waals surface area (Å²) in [4.78, 5) is 23.0. The van der Waals surface area contributed by atoms with Crippen molar-refractivity contribution < 1.29 is 9.72 Å². The molecule has 0 bridgehead atoms. The largest absolute Gasteiger partial charge is 0.299 e. The number of Topliss-reactive ketones (excluding diaryl/α,β-unsaturated/α-hetero) is 1. The average molecular weight is 366 g/mol. The van der Waals surface area contributed by atoms with Gasteiger partial charge in [0.2, 0.25) is 6.54 Å². The maximum Gasteiger partial charge on any atom is 0.211 e. The predicted octanol–water partition coefficient (Wildman–Crippen LogP) is 4.32. The second-order valence-electron chi connectivity index (χ2n) is 6.01. The van der Waals surface area contributed by atoms with Gasteiger partial charge in [-0.2, -0.15) is 0 Å². The molecule has 0 N–H and O–H groups in total. The second-order valence-corrected chi connectivity index (χ2v) is 6.93. The van der Waals surface area contributed by atoms with Crippen LogP contribution in [0.2, 0.25) is 0 Å². The Morgan fingerprint density at radius 1 is 1.45 bits per heavy atom. The molecule has 4 nitrogen and oxygen atoms in total. The van der Waals surface area contributed by atoms with E-state index in [0.717, 1.165) is 22.9 Å². The summed E-state index contributed by atoms with van der Waals surface area (Å²) in [6.45, 7) is 1.89. The molecule has 0 amide bonds. The molecule has 2 rings (SSSR count). The van der Waals surface area contributed by atoms with Crippen LogP contribution in [-0.4, -0.2) is 17.3 Å². The second kappa shape index (κ2) is 7.68. The van der Waals surface area contributed by atoms with Crippen molar-refractivity contribution in [1.29, 1.82) is 0 Å². The van der Waals surface area contributed by atoms with Gasteiger partial charge in [-0.15, -0.1) is 0 Å². The Hall–Kier alpha value is -1.49. The first kappa shape index (κ1) is 16.9. The number of halogens is 1. The molecule has 0 aliphatic heterocycles. The van der Waals surface area contributed by atoms with Gasteiger partial charge >= 0.3 is 0 Å². The molecule has 1 aliphatic rings. The van der Waals surface area contributed by atoms with E-state index in [9.17, 15) is 14.9 Å². The summed E-state index contributed by atoms with van der Waals surface area (Å²) in [5, 5.41) is 11.0. The Labute approximate surface area is 138 Å². The van der Waals surface area contributed by atoms with E-state index in [4.69, 9.17) is 0 Å². The maximum atomic E-state index is 12.2. The van der Waals surface area contributed by atoms with Crippen molar-refractivity contribution in [2.75, 3.05) is 6.54 Å². The van der Waals surface area contributed by atoms with Gasteiger partial charge in [0.05, 0.1) is 5.92 Å². The van der Waals surface area contributed by atoms with Gasteiger partial charge in [0, 0.05) is 21.7 Å². The number of rotatable bonds is 5. The van der Waals surface area contributed by atoms with Crippen LogP contribution in [0.25, 0.3) is 6.08 Å². The quantitative estimate of drug-likeness (QED) is 0.576. The molecule has 1 aromatic carbocycles. The standard InChI is InChI=1S/C17H20BrNO3/c1-12-7-8-17(20)14(9-12)15(11-19(21)22)16(18)10-13-5-3-2-4-6-13/h2-6,10,12,14-15H,7-9,11H2,1H3/b16-10+/t12-,14-,15+/m0/s1. The van der Waals surface area contributed by atoms with Crippen LogP contribution >= 0.6 is 15.9 Å². The fourth-order valence-electron chi connectivity index (χ4n) is 3.03. The third-order valence-electron chi connectivity index (χ3n) is 4.24. The Kier molecular flexibility index (Phi) is 5.89. The van der Waals surface area contributed by atoms with Crippen LogP contribution in [0.4, 0.5) is 0 Å². The van der Waals surface area contributed by atoms with Crippen LogP contribution in [0.1, 0.15) is 31.7 Å². The van der Waals surface area contributed by atoms with Crippen molar-refractivity contribution in [3.05, 3.63) is 50.5 Å². The molecule has 0 saturated heterocycles. The molecule has 0 heterocycles. The summed E-state index contributed by atoms with van der Waals surface area (Å²) in [6.07, 6.45) is 4.04. The number of hydrogen-bond donors (Lipinski definition) is 0. The lowest BCUT2D eigenvalue weighted by Gasteiger charge is -2.30. The minimum absolute atomic E-state index is 0.156. The van der Waals surface area contributed by atoms with Crippen LogP contribution < -0.4 is 0 Å². The van der Waals surface area contributed by atoms with E-state index in [0.29, 0.717) is 12.3 Å². The molecule has 22 heavy (non-hydrogen) atoms. The van der Waals surface area contributed by atoms with Crippen molar-refractivity contribution >= 4 is 27.8 Å². The third-order valence-corrected chi connectivity index (χ3v) is 5.06. The number of hydrogen-bond acceptors (Lipinski definition) is 3. The highest BCUT2D eigenvalue weighted by molar-refractivity contribution is 9.11. The minimum atomic E-state index is -0.384. The van der Waals surface area contributed by atoms with Crippen LogP contribution in [-0.2, 0) is 4.79 Å². The van der Waals surface area contributed by atoms with E-state index >= 15 is 0 Å². The monoisotopic (exact) mass is 365 g/mol. The molecule has 1 aliphatic carbocycles. The zero-order valence-corrected chi connectivity index (χ0v) is 14.2. The summed E-state index contributed by atoms with van der Waals surface area (Å²) >= 11 is 3.50. The fourth-order valence-corrected chi connectivity index (χ4v) is 3.76. The molecular formula is C17H20BrNO3. The smallest absolute Gasteiger partial charge is 0.211 e.